The zero-order valence-corrected chi connectivity index (χ0v) is 12.5. The van der Waals surface area contributed by atoms with Crippen molar-refractivity contribution in [1.29, 1.82) is 0 Å². The van der Waals surface area contributed by atoms with Gasteiger partial charge in [-0.3, -0.25) is 4.79 Å². The number of aryl methyl sites for hydroxylation is 1. The summed E-state index contributed by atoms with van der Waals surface area (Å²) in [4.78, 5) is 14.1. The van der Waals surface area contributed by atoms with Gasteiger partial charge < -0.3 is 10.2 Å². The van der Waals surface area contributed by atoms with Gasteiger partial charge in [0, 0.05) is 31.7 Å². The molecule has 3 N–H and O–H groups in total. The van der Waals surface area contributed by atoms with Gasteiger partial charge in [0.1, 0.15) is 0 Å². The van der Waals surface area contributed by atoms with Gasteiger partial charge in [-0.1, -0.05) is 0 Å². The maximum absolute atomic E-state index is 12.4. The summed E-state index contributed by atoms with van der Waals surface area (Å²) in [5.41, 5.74) is 1.71. The molecule has 1 aromatic rings. The fourth-order valence-electron chi connectivity index (χ4n) is 2.30. The van der Waals surface area contributed by atoms with Gasteiger partial charge in [0.25, 0.3) is 5.91 Å². The van der Waals surface area contributed by atoms with Crippen molar-refractivity contribution >= 4 is 15.9 Å². The molecule has 2 rings (SSSR count). The molecule has 0 unspecified atom stereocenters. The van der Waals surface area contributed by atoms with E-state index in [-0.39, 0.29) is 10.8 Å². The third-order valence-electron chi connectivity index (χ3n) is 3.58. The van der Waals surface area contributed by atoms with Crippen LogP contribution in [0.15, 0.2) is 17.0 Å². The van der Waals surface area contributed by atoms with Gasteiger partial charge in [-0.15, -0.1) is 0 Å². The first-order valence-corrected chi connectivity index (χ1v) is 7.99. The largest absolute Gasteiger partial charge is 0.336 e. The first-order valence-electron chi connectivity index (χ1n) is 6.45. The molecule has 1 amide bonds. The van der Waals surface area contributed by atoms with Crippen LogP contribution in [0.25, 0.3) is 0 Å². The van der Waals surface area contributed by atoms with Crippen LogP contribution in [0.1, 0.15) is 21.5 Å². The lowest BCUT2D eigenvalue weighted by Crippen LogP contribution is -2.46. The van der Waals surface area contributed by atoms with Crippen molar-refractivity contribution in [2.24, 2.45) is 5.14 Å². The maximum atomic E-state index is 12.4. The summed E-state index contributed by atoms with van der Waals surface area (Å²) in [7, 11) is -3.83. The van der Waals surface area contributed by atoms with Crippen LogP contribution < -0.4 is 10.5 Å². The molecule has 0 aromatic heterocycles. The molecule has 0 radical (unpaired) electrons. The summed E-state index contributed by atoms with van der Waals surface area (Å²) in [5, 5.41) is 8.38. The van der Waals surface area contributed by atoms with E-state index in [2.05, 4.69) is 5.32 Å². The number of primary sulfonamides is 1. The van der Waals surface area contributed by atoms with Gasteiger partial charge in [0.15, 0.2) is 0 Å². The van der Waals surface area contributed by atoms with Crippen molar-refractivity contribution in [3.05, 3.63) is 28.8 Å². The molecule has 0 saturated carbocycles. The standard InChI is InChI=1S/C13H19N3O3S/c1-9-7-11(8-12(10(9)2)20(14,18)19)13(17)16-5-3-15-4-6-16/h7-8,15H,3-6H2,1-2H3,(H2,14,18,19). The Bertz CT molecular complexity index is 635. The molecule has 1 heterocycles. The first-order chi connectivity index (χ1) is 9.30. The van der Waals surface area contributed by atoms with E-state index in [1.54, 1.807) is 24.8 Å². The Morgan fingerprint density at radius 2 is 1.85 bits per heavy atom. The Kier molecular flexibility index (Phi) is 4.12. The quantitative estimate of drug-likeness (QED) is 0.803. The molecule has 0 spiro atoms. The lowest BCUT2D eigenvalue weighted by atomic mass is 10.1. The second kappa shape index (κ2) is 5.51. The predicted molar refractivity (Wildman–Crippen MR) is 76.1 cm³/mol. The Labute approximate surface area is 119 Å². The zero-order chi connectivity index (χ0) is 14.9. The average Bonchev–Trinajstić information content (AvgIpc) is 2.40. The second-order valence-corrected chi connectivity index (χ2v) is 6.53. The van der Waals surface area contributed by atoms with Gasteiger partial charge in [0.05, 0.1) is 4.90 Å². The Balaban J connectivity index is 2.42. The first kappa shape index (κ1) is 15.0. The molecular formula is C13H19N3O3S. The summed E-state index contributed by atoms with van der Waals surface area (Å²) in [5.74, 6) is -0.153. The minimum absolute atomic E-state index is 0.0241. The van der Waals surface area contributed by atoms with E-state index in [9.17, 15) is 13.2 Å². The van der Waals surface area contributed by atoms with Crippen molar-refractivity contribution in [3.63, 3.8) is 0 Å². The Morgan fingerprint density at radius 3 is 2.40 bits per heavy atom. The number of nitrogens with two attached hydrogens (primary N) is 1. The lowest BCUT2D eigenvalue weighted by molar-refractivity contribution is 0.0735. The van der Waals surface area contributed by atoms with Gasteiger partial charge >= 0.3 is 0 Å². The normalized spacial score (nSPS) is 16.2. The highest BCUT2D eigenvalue weighted by atomic mass is 32.2. The number of piperazine rings is 1. The smallest absolute Gasteiger partial charge is 0.253 e. The van der Waals surface area contributed by atoms with Crippen LogP contribution in [0.3, 0.4) is 0 Å². The van der Waals surface area contributed by atoms with Crippen LogP contribution in [0.2, 0.25) is 0 Å². The molecule has 6 nitrogen and oxygen atoms in total. The molecule has 20 heavy (non-hydrogen) atoms. The average molecular weight is 297 g/mol. The fraction of sp³-hybridized carbons (Fsp3) is 0.462. The minimum Gasteiger partial charge on any atom is -0.336 e. The second-order valence-electron chi connectivity index (χ2n) is 5.00. The molecule has 1 fully saturated rings. The highest BCUT2D eigenvalue weighted by Gasteiger charge is 2.22. The SMILES string of the molecule is Cc1cc(C(=O)N2CCNCC2)cc(S(N)(=O)=O)c1C. The van der Waals surface area contributed by atoms with Crippen LogP contribution in [-0.2, 0) is 10.0 Å². The van der Waals surface area contributed by atoms with Crippen molar-refractivity contribution < 1.29 is 13.2 Å². The maximum Gasteiger partial charge on any atom is 0.253 e. The van der Waals surface area contributed by atoms with E-state index >= 15 is 0 Å². The molecule has 0 atom stereocenters. The van der Waals surface area contributed by atoms with Crippen molar-refractivity contribution in [2.75, 3.05) is 26.2 Å². The summed E-state index contributed by atoms with van der Waals surface area (Å²) in [6.07, 6.45) is 0. The fourth-order valence-corrected chi connectivity index (χ4v) is 3.18. The number of sulfonamides is 1. The summed E-state index contributed by atoms with van der Waals surface area (Å²) in [6.45, 7) is 6.21. The minimum atomic E-state index is -3.83. The molecule has 1 aromatic carbocycles. The molecule has 110 valence electrons. The number of nitrogens with one attached hydrogen (secondary N) is 1. The summed E-state index contributed by atoms with van der Waals surface area (Å²) >= 11 is 0. The topological polar surface area (TPSA) is 92.5 Å². The monoisotopic (exact) mass is 297 g/mol. The molecule has 1 aliphatic heterocycles. The van der Waals surface area contributed by atoms with Gasteiger partial charge in [-0.2, -0.15) is 0 Å². The molecule has 7 heteroatoms. The highest BCUT2D eigenvalue weighted by molar-refractivity contribution is 7.89. The predicted octanol–water partition coefficient (Wildman–Crippen LogP) is -0.00376. The zero-order valence-electron chi connectivity index (χ0n) is 11.6. The van der Waals surface area contributed by atoms with Crippen LogP contribution in [-0.4, -0.2) is 45.4 Å². The molecule has 1 aliphatic rings. The van der Waals surface area contributed by atoms with E-state index in [0.29, 0.717) is 24.2 Å². The van der Waals surface area contributed by atoms with E-state index < -0.39 is 10.0 Å². The van der Waals surface area contributed by atoms with Crippen LogP contribution >= 0.6 is 0 Å². The van der Waals surface area contributed by atoms with Crippen LogP contribution in [0.5, 0.6) is 0 Å². The number of rotatable bonds is 2. The van der Waals surface area contributed by atoms with Gasteiger partial charge in [-0.05, 0) is 37.1 Å². The third-order valence-corrected chi connectivity index (χ3v) is 4.61. The molecular weight excluding hydrogens is 278 g/mol. The Hall–Kier alpha value is -1.44. The number of benzene rings is 1. The Morgan fingerprint density at radius 1 is 1.25 bits per heavy atom. The number of amides is 1. The summed E-state index contributed by atoms with van der Waals surface area (Å²) < 4.78 is 23.2. The van der Waals surface area contributed by atoms with E-state index in [1.807, 2.05) is 0 Å². The van der Waals surface area contributed by atoms with E-state index in [4.69, 9.17) is 5.14 Å². The van der Waals surface area contributed by atoms with E-state index in [1.165, 1.54) is 6.07 Å². The molecule has 1 saturated heterocycles. The van der Waals surface area contributed by atoms with Crippen LogP contribution in [0, 0.1) is 13.8 Å². The number of hydrogen-bond acceptors (Lipinski definition) is 4. The number of carbonyl (C=O) groups is 1. The van der Waals surface area contributed by atoms with Gasteiger partial charge in [-0.25, -0.2) is 13.6 Å². The van der Waals surface area contributed by atoms with Gasteiger partial charge in [0.2, 0.25) is 10.0 Å². The number of nitrogens with zero attached hydrogens (tertiary/aromatic N) is 1. The number of hydrogen-bond donors (Lipinski definition) is 2. The highest BCUT2D eigenvalue weighted by Crippen LogP contribution is 2.21. The lowest BCUT2D eigenvalue weighted by Gasteiger charge is -2.27. The third kappa shape index (κ3) is 3.00. The van der Waals surface area contributed by atoms with Crippen molar-refractivity contribution in [3.8, 4) is 0 Å². The summed E-state index contributed by atoms with van der Waals surface area (Å²) in [6, 6.07) is 3.09. The van der Waals surface area contributed by atoms with Crippen molar-refractivity contribution in [2.45, 2.75) is 18.7 Å². The number of carbonyl (C=O) groups excluding carboxylic acids is 1. The molecule has 0 aliphatic carbocycles. The van der Waals surface area contributed by atoms with Crippen LogP contribution in [0.4, 0.5) is 0 Å². The van der Waals surface area contributed by atoms with E-state index in [0.717, 1.165) is 18.7 Å². The van der Waals surface area contributed by atoms with Crippen molar-refractivity contribution in [1.82, 2.24) is 10.2 Å². The molecule has 0 bridgehead atoms.